The number of hydrogen-bond donors (Lipinski definition) is 1. The number of methoxy groups -OCH3 is 1. The van der Waals surface area contributed by atoms with Crippen LogP contribution in [0, 0.1) is 0 Å². The summed E-state index contributed by atoms with van der Waals surface area (Å²) in [4.78, 5) is 14.8. The van der Waals surface area contributed by atoms with E-state index in [0.717, 1.165) is 35.1 Å². The number of carbonyl (C=O) groups excluding carboxylic acids is 1. The predicted molar refractivity (Wildman–Crippen MR) is 113 cm³/mol. The van der Waals surface area contributed by atoms with Gasteiger partial charge in [-0.2, -0.15) is 5.10 Å². The summed E-state index contributed by atoms with van der Waals surface area (Å²) in [5, 5.41) is 6.28. The molecule has 28 heavy (non-hydrogen) atoms. The van der Waals surface area contributed by atoms with Crippen LogP contribution in [0.3, 0.4) is 0 Å². The zero-order valence-electron chi connectivity index (χ0n) is 15.9. The fourth-order valence-corrected chi connectivity index (χ4v) is 3.61. The van der Waals surface area contributed by atoms with Crippen LogP contribution in [0.2, 0.25) is 0 Å². The van der Waals surface area contributed by atoms with Crippen LogP contribution in [0.25, 0.3) is 10.8 Å². The van der Waals surface area contributed by atoms with E-state index in [0.29, 0.717) is 11.3 Å². The second kappa shape index (κ2) is 8.13. The van der Waals surface area contributed by atoms with Gasteiger partial charge in [0.2, 0.25) is 0 Å². The van der Waals surface area contributed by atoms with Crippen molar-refractivity contribution in [3.05, 3.63) is 71.8 Å². The van der Waals surface area contributed by atoms with Gasteiger partial charge in [-0.15, -0.1) is 0 Å². The number of rotatable bonds is 5. The van der Waals surface area contributed by atoms with E-state index in [1.165, 1.54) is 12.8 Å². The van der Waals surface area contributed by atoms with Crippen LogP contribution < -0.4 is 15.1 Å². The van der Waals surface area contributed by atoms with Crippen LogP contribution in [0.5, 0.6) is 5.75 Å². The Morgan fingerprint density at radius 2 is 1.79 bits per heavy atom. The zero-order valence-corrected chi connectivity index (χ0v) is 15.9. The maximum Gasteiger partial charge on any atom is 0.271 e. The predicted octanol–water partition coefficient (Wildman–Crippen LogP) is 4.21. The number of hydrazone groups is 1. The van der Waals surface area contributed by atoms with Crippen LogP contribution in [-0.4, -0.2) is 32.3 Å². The Bertz CT molecular complexity index is 1010. The molecule has 1 fully saturated rings. The molecular formula is C23H23N3O2. The summed E-state index contributed by atoms with van der Waals surface area (Å²) in [5.41, 5.74) is 5.20. The maximum absolute atomic E-state index is 12.4. The molecule has 0 aliphatic carbocycles. The Labute approximate surface area is 164 Å². The van der Waals surface area contributed by atoms with Gasteiger partial charge in [0.1, 0.15) is 5.75 Å². The van der Waals surface area contributed by atoms with Gasteiger partial charge in [-0.05, 0) is 53.9 Å². The monoisotopic (exact) mass is 373 g/mol. The number of ether oxygens (including phenoxy) is 1. The first-order valence-electron chi connectivity index (χ1n) is 9.50. The summed E-state index contributed by atoms with van der Waals surface area (Å²) in [7, 11) is 1.63. The smallest absolute Gasteiger partial charge is 0.271 e. The maximum atomic E-state index is 12.4. The highest BCUT2D eigenvalue weighted by atomic mass is 16.5. The van der Waals surface area contributed by atoms with E-state index in [1.54, 1.807) is 13.3 Å². The van der Waals surface area contributed by atoms with Gasteiger partial charge in [0.15, 0.2) is 0 Å². The lowest BCUT2D eigenvalue weighted by Gasteiger charge is -2.17. The summed E-state index contributed by atoms with van der Waals surface area (Å²) < 4.78 is 5.45. The molecule has 1 amide bonds. The molecule has 3 aromatic rings. The van der Waals surface area contributed by atoms with Crippen LogP contribution in [0.1, 0.15) is 28.8 Å². The van der Waals surface area contributed by atoms with Crippen LogP contribution >= 0.6 is 0 Å². The summed E-state index contributed by atoms with van der Waals surface area (Å²) in [5.74, 6) is 0.482. The molecule has 5 heteroatoms. The minimum atomic E-state index is -0.233. The number of benzene rings is 3. The number of hydrogen-bond acceptors (Lipinski definition) is 4. The Morgan fingerprint density at radius 3 is 2.54 bits per heavy atom. The lowest BCUT2D eigenvalue weighted by molar-refractivity contribution is 0.0955. The van der Waals surface area contributed by atoms with Gasteiger partial charge in [-0.1, -0.05) is 30.3 Å². The van der Waals surface area contributed by atoms with Crippen molar-refractivity contribution in [2.24, 2.45) is 5.10 Å². The number of fused-ring (bicyclic) bond motifs is 1. The molecule has 0 unspecified atom stereocenters. The summed E-state index contributed by atoms with van der Waals surface area (Å²) in [6.45, 7) is 2.17. The fourth-order valence-electron chi connectivity index (χ4n) is 3.61. The van der Waals surface area contributed by atoms with Crippen molar-refractivity contribution in [2.75, 3.05) is 25.1 Å². The quantitative estimate of drug-likeness (QED) is 0.538. The second-order valence-corrected chi connectivity index (χ2v) is 6.84. The van der Waals surface area contributed by atoms with Crippen molar-refractivity contribution in [1.29, 1.82) is 0 Å². The first-order valence-corrected chi connectivity index (χ1v) is 9.50. The highest BCUT2D eigenvalue weighted by Gasteiger charge is 2.13. The van der Waals surface area contributed by atoms with Gasteiger partial charge in [-0.25, -0.2) is 5.43 Å². The van der Waals surface area contributed by atoms with Gasteiger partial charge in [0.25, 0.3) is 5.91 Å². The molecule has 0 bridgehead atoms. The lowest BCUT2D eigenvalue weighted by Crippen LogP contribution is -2.19. The molecule has 1 N–H and O–H groups in total. The SMILES string of the molecule is COc1ccc2ccccc2c1/C=N/NC(=O)c1ccc(N2CCCC2)cc1. The molecule has 0 radical (unpaired) electrons. The molecule has 3 aromatic carbocycles. The van der Waals surface area contributed by atoms with E-state index < -0.39 is 0 Å². The van der Waals surface area contributed by atoms with E-state index in [-0.39, 0.29) is 5.91 Å². The number of nitrogens with one attached hydrogen (secondary N) is 1. The lowest BCUT2D eigenvalue weighted by atomic mass is 10.0. The van der Waals surface area contributed by atoms with Gasteiger partial charge in [0, 0.05) is 29.9 Å². The van der Waals surface area contributed by atoms with Gasteiger partial charge in [-0.3, -0.25) is 4.79 Å². The second-order valence-electron chi connectivity index (χ2n) is 6.84. The van der Waals surface area contributed by atoms with E-state index >= 15 is 0 Å². The molecule has 1 aliphatic heterocycles. The Hall–Kier alpha value is -3.34. The Kier molecular flexibility index (Phi) is 5.24. The van der Waals surface area contributed by atoms with Crippen molar-refractivity contribution in [1.82, 2.24) is 5.43 Å². The summed E-state index contributed by atoms with van der Waals surface area (Å²) in [6, 6.07) is 19.6. The number of carbonyl (C=O) groups is 1. The third kappa shape index (κ3) is 3.69. The van der Waals surface area contributed by atoms with Gasteiger partial charge in [0.05, 0.1) is 13.3 Å². The molecular weight excluding hydrogens is 350 g/mol. The molecule has 1 saturated heterocycles. The molecule has 142 valence electrons. The number of anilines is 1. The average molecular weight is 373 g/mol. The fraction of sp³-hybridized carbons (Fsp3) is 0.217. The van der Waals surface area contributed by atoms with Crippen molar-refractivity contribution in [3.8, 4) is 5.75 Å². The zero-order chi connectivity index (χ0) is 19.3. The summed E-state index contributed by atoms with van der Waals surface area (Å²) in [6.07, 6.45) is 4.10. The molecule has 1 aliphatic rings. The summed E-state index contributed by atoms with van der Waals surface area (Å²) >= 11 is 0. The van der Waals surface area contributed by atoms with Crippen molar-refractivity contribution < 1.29 is 9.53 Å². The third-order valence-electron chi connectivity index (χ3n) is 5.11. The molecule has 1 heterocycles. The largest absolute Gasteiger partial charge is 0.496 e. The van der Waals surface area contributed by atoms with Crippen molar-refractivity contribution >= 4 is 28.6 Å². The minimum absolute atomic E-state index is 0.233. The van der Waals surface area contributed by atoms with Crippen molar-refractivity contribution in [2.45, 2.75) is 12.8 Å². The minimum Gasteiger partial charge on any atom is -0.496 e. The third-order valence-corrected chi connectivity index (χ3v) is 5.11. The van der Waals surface area contributed by atoms with Crippen LogP contribution in [0.15, 0.2) is 65.8 Å². The average Bonchev–Trinajstić information content (AvgIpc) is 3.29. The molecule has 0 aromatic heterocycles. The van der Waals surface area contributed by atoms with E-state index in [1.807, 2.05) is 60.7 Å². The Balaban J connectivity index is 1.49. The van der Waals surface area contributed by atoms with Gasteiger partial charge < -0.3 is 9.64 Å². The topological polar surface area (TPSA) is 53.9 Å². The highest BCUT2D eigenvalue weighted by molar-refractivity contribution is 6.03. The number of amides is 1. The first-order chi connectivity index (χ1) is 13.8. The molecule has 0 saturated carbocycles. The molecule has 0 spiro atoms. The van der Waals surface area contributed by atoms with Crippen molar-refractivity contribution in [3.63, 3.8) is 0 Å². The first kappa shape index (κ1) is 18.0. The van der Waals surface area contributed by atoms with E-state index in [2.05, 4.69) is 15.4 Å². The van der Waals surface area contributed by atoms with E-state index in [4.69, 9.17) is 4.74 Å². The highest BCUT2D eigenvalue weighted by Crippen LogP contribution is 2.26. The molecule has 5 nitrogen and oxygen atoms in total. The number of nitrogens with zero attached hydrogens (tertiary/aromatic N) is 2. The van der Waals surface area contributed by atoms with Crippen LogP contribution in [-0.2, 0) is 0 Å². The molecule has 4 rings (SSSR count). The van der Waals surface area contributed by atoms with E-state index in [9.17, 15) is 4.79 Å². The molecule has 0 atom stereocenters. The Morgan fingerprint density at radius 1 is 1.04 bits per heavy atom. The van der Waals surface area contributed by atoms with Gasteiger partial charge >= 0.3 is 0 Å². The standard InChI is InChI=1S/C23H23N3O2/c1-28-22-13-10-17-6-2-3-7-20(17)21(22)16-24-25-23(27)18-8-11-19(12-9-18)26-14-4-5-15-26/h2-3,6-13,16H,4-5,14-15H2,1H3,(H,25,27)/b24-16+. The normalized spacial score (nSPS) is 14.0. The van der Waals surface area contributed by atoms with Crippen LogP contribution in [0.4, 0.5) is 5.69 Å².